The number of aromatic nitrogens is 4. The van der Waals surface area contributed by atoms with Crippen LogP contribution in [0, 0.1) is 12.7 Å². The lowest BCUT2D eigenvalue weighted by molar-refractivity contribution is -0.137. The highest BCUT2D eigenvalue weighted by atomic mass is 35.5. The van der Waals surface area contributed by atoms with Crippen LogP contribution in [0.3, 0.4) is 0 Å². The smallest absolute Gasteiger partial charge is 0.304 e. The second-order valence-electron chi connectivity index (χ2n) is 8.85. The van der Waals surface area contributed by atoms with E-state index in [0.29, 0.717) is 22.8 Å². The van der Waals surface area contributed by atoms with Gasteiger partial charge in [-0.1, -0.05) is 40.6 Å². The Bertz CT molecular complexity index is 1760. The number of pyridine rings is 1. The van der Waals surface area contributed by atoms with Crippen molar-refractivity contribution in [1.29, 1.82) is 0 Å². The van der Waals surface area contributed by atoms with E-state index in [1.54, 1.807) is 4.52 Å². The normalized spacial score (nSPS) is 15.3. The second kappa shape index (κ2) is 10.9. The van der Waals surface area contributed by atoms with Crippen molar-refractivity contribution in [2.45, 2.75) is 30.8 Å². The molecule has 1 amide bonds. The number of halogens is 3. The average Bonchev–Trinajstić information content (AvgIpc) is 3.42. The molecule has 1 unspecified atom stereocenters. The van der Waals surface area contributed by atoms with E-state index in [1.165, 1.54) is 40.5 Å². The summed E-state index contributed by atoms with van der Waals surface area (Å²) in [4.78, 5) is 34.8. The first-order chi connectivity index (χ1) is 18.9. The van der Waals surface area contributed by atoms with Crippen LogP contribution in [0.25, 0.3) is 4.96 Å². The van der Waals surface area contributed by atoms with Gasteiger partial charge >= 0.3 is 5.97 Å². The SMILES string of the molecule is Cc1nn2c3c(nc2s1)CCN(C(=O)COc1ccc(S(=O)(=O)CCC(=O)O)nc1Cl)C3c1ccc(Cl)cc1F. The van der Waals surface area contributed by atoms with Gasteiger partial charge < -0.3 is 14.7 Å². The molecule has 5 rings (SSSR count). The molecule has 3 aromatic heterocycles. The topological polar surface area (TPSA) is 144 Å². The van der Waals surface area contributed by atoms with Crippen LogP contribution in [-0.4, -0.2) is 68.8 Å². The Morgan fingerprint density at radius 1 is 1.23 bits per heavy atom. The van der Waals surface area contributed by atoms with Crippen LogP contribution >= 0.6 is 34.5 Å². The zero-order chi connectivity index (χ0) is 28.8. The van der Waals surface area contributed by atoms with Gasteiger partial charge in [-0.15, -0.1) is 0 Å². The van der Waals surface area contributed by atoms with Gasteiger partial charge in [0.15, 0.2) is 32.4 Å². The van der Waals surface area contributed by atoms with E-state index in [9.17, 15) is 18.0 Å². The van der Waals surface area contributed by atoms with Gasteiger partial charge in [-0.2, -0.15) is 5.10 Å². The molecule has 210 valence electrons. The molecule has 1 atom stereocenters. The minimum Gasteiger partial charge on any atom is -0.481 e. The number of carbonyl (C=O) groups excluding carboxylic acids is 1. The Labute approximate surface area is 241 Å². The standard InChI is InChI=1S/C24H20Cl2FN5O6S2/c1-12-30-32-22-16(28-24(32)39-12)6-8-31(21(22)14-3-2-13(25)10-15(14)27)19(33)11-38-17-4-5-18(29-23(17)26)40(36,37)9-7-20(34)35/h2-5,10,21H,6-9,11H2,1H3,(H,34,35). The van der Waals surface area contributed by atoms with Crippen molar-refractivity contribution in [1.82, 2.24) is 24.5 Å². The van der Waals surface area contributed by atoms with Gasteiger partial charge in [-0.25, -0.2) is 27.3 Å². The zero-order valence-electron chi connectivity index (χ0n) is 20.7. The van der Waals surface area contributed by atoms with E-state index in [4.69, 9.17) is 33.0 Å². The molecular weight excluding hydrogens is 608 g/mol. The summed E-state index contributed by atoms with van der Waals surface area (Å²) in [5.74, 6) is -3.07. The summed E-state index contributed by atoms with van der Waals surface area (Å²) in [6.45, 7) is 1.54. The molecule has 4 aromatic rings. The summed E-state index contributed by atoms with van der Waals surface area (Å²) in [5.41, 5.74) is 1.48. The lowest BCUT2D eigenvalue weighted by Gasteiger charge is -2.35. The van der Waals surface area contributed by atoms with Crippen LogP contribution in [0.5, 0.6) is 5.75 Å². The first-order valence-electron chi connectivity index (χ1n) is 11.8. The third-order valence-electron chi connectivity index (χ3n) is 6.20. The predicted octanol–water partition coefficient (Wildman–Crippen LogP) is 3.74. The number of sulfone groups is 1. The Balaban J connectivity index is 1.41. The molecule has 11 nitrogen and oxygen atoms in total. The van der Waals surface area contributed by atoms with Gasteiger partial charge in [0.25, 0.3) is 5.91 Å². The number of imidazole rings is 1. The fourth-order valence-corrected chi connectivity index (χ4v) is 6.75. The molecule has 1 aromatic carbocycles. The summed E-state index contributed by atoms with van der Waals surface area (Å²) in [5, 5.41) is 13.5. The molecule has 0 radical (unpaired) electrons. The van der Waals surface area contributed by atoms with Gasteiger partial charge in [-0.05, 0) is 31.2 Å². The third kappa shape index (κ3) is 5.48. The summed E-state index contributed by atoms with van der Waals surface area (Å²) in [6, 6.07) is 5.71. The number of hydrogen-bond donors (Lipinski definition) is 1. The van der Waals surface area contributed by atoms with Gasteiger partial charge in [0.2, 0.25) is 4.96 Å². The van der Waals surface area contributed by atoms with Crippen LogP contribution in [-0.2, 0) is 25.8 Å². The number of carboxylic acid groups (broad SMARTS) is 1. The number of nitrogens with zero attached hydrogens (tertiary/aromatic N) is 5. The number of benzene rings is 1. The second-order valence-corrected chi connectivity index (χ2v) is 12.9. The number of carboxylic acids is 1. The van der Waals surface area contributed by atoms with Crippen molar-refractivity contribution in [3.8, 4) is 5.75 Å². The maximum absolute atomic E-state index is 15.2. The van der Waals surface area contributed by atoms with Crippen molar-refractivity contribution in [2.75, 3.05) is 18.9 Å². The van der Waals surface area contributed by atoms with E-state index < -0.39 is 57.4 Å². The van der Waals surface area contributed by atoms with E-state index in [-0.39, 0.29) is 28.0 Å². The monoisotopic (exact) mass is 627 g/mol. The van der Waals surface area contributed by atoms with E-state index >= 15 is 4.39 Å². The Morgan fingerprint density at radius 3 is 2.70 bits per heavy atom. The Kier molecular flexibility index (Phi) is 7.70. The Morgan fingerprint density at radius 2 is 2.00 bits per heavy atom. The summed E-state index contributed by atoms with van der Waals surface area (Å²) < 4.78 is 47.1. The van der Waals surface area contributed by atoms with Gasteiger partial charge in [0.1, 0.15) is 16.9 Å². The fraction of sp³-hybridized carbons (Fsp3) is 0.292. The van der Waals surface area contributed by atoms with Crippen molar-refractivity contribution in [2.24, 2.45) is 0 Å². The minimum absolute atomic E-state index is 0.0546. The molecule has 0 saturated heterocycles. The summed E-state index contributed by atoms with van der Waals surface area (Å²) >= 11 is 13.5. The molecule has 0 spiro atoms. The fourth-order valence-electron chi connectivity index (χ4n) is 4.40. The van der Waals surface area contributed by atoms with Crippen LogP contribution < -0.4 is 4.74 Å². The van der Waals surface area contributed by atoms with Crippen molar-refractivity contribution in [3.05, 3.63) is 68.3 Å². The minimum atomic E-state index is -3.99. The van der Waals surface area contributed by atoms with Gasteiger partial charge in [0, 0.05) is 23.6 Å². The third-order valence-corrected chi connectivity index (χ3v) is 9.13. The largest absolute Gasteiger partial charge is 0.481 e. The number of aliphatic carboxylic acids is 1. The molecule has 0 fully saturated rings. The van der Waals surface area contributed by atoms with E-state index in [2.05, 4.69) is 15.1 Å². The van der Waals surface area contributed by atoms with Crippen LogP contribution in [0.2, 0.25) is 10.2 Å². The quantitative estimate of drug-likeness (QED) is 0.289. The average molecular weight is 628 g/mol. The molecule has 16 heteroatoms. The molecular formula is C24H20Cl2FN5O6S2. The summed E-state index contributed by atoms with van der Waals surface area (Å²) in [6.07, 6.45) is -0.182. The van der Waals surface area contributed by atoms with Crippen LogP contribution in [0.4, 0.5) is 4.39 Å². The first kappa shape index (κ1) is 28.2. The Hall–Kier alpha value is -3.33. The molecule has 4 heterocycles. The predicted molar refractivity (Wildman–Crippen MR) is 143 cm³/mol. The summed E-state index contributed by atoms with van der Waals surface area (Å²) in [7, 11) is -3.99. The molecule has 1 aliphatic heterocycles. The van der Waals surface area contributed by atoms with E-state index in [1.807, 2.05) is 6.92 Å². The first-order valence-corrected chi connectivity index (χ1v) is 15.0. The number of hydrogen-bond acceptors (Lipinski definition) is 9. The van der Waals surface area contributed by atoms with Crippen LogP contribution in [0.15, 0.2) is 35.4 Å². The lowest BCUT2D eigenvalue weighted by atomic mass is 9.95. The van der Waals surface area contributed by atoms with Crippen molar-refractivity contribution < 1.29 is 32.2 Å². The number of rotatable bonds is 8. The maximum atomic E-state index is 15.2. The van der Waals surface area contributed by atoms with E-state index in [0.717, 1.165) is 11.1 Å². The molecule has 40 heavy (non-hydrogen) atoms. The number of amides is 1. The van der Waals surface area contributed by atoms with Gasteiger partial charge in [0.05, 0.1) is 23.6 Å². The highest BCUT2D eigenvalue weighted by Crippen LogP contribution is 2.38. The lowest BCUT2D eigenvalue weighted by Crippen LogP contribution is -2.43. The van der Waals surface area contributed by atoms with Gasteiger partial charge in [-0.3, -0.25) is 9.59 Å². The molecule has 0 bridgehead atoms. The number of aryl methyl sites for hydroxylation is 1. The number of ether oxygens (including phenoxy) is 1. The number of carbonyl (C=O) groups is 2. The zero-order valence-corrected chi connectivity index (χ0v) is 23.8. The molecule has 0 aliphatic carbocycles. The van der Waals surface area contributed by atoms with Crippen molar-refractivity contribution in [3.63, 3.8) is 0 Å². The highest BCUT2D eigenvalue weighted by molar-refractivity contribution is 7.91. The maximum Gasteiger partial charge on any atom is 0.304 e. The highest BCUT2D eigenvalue weighted by Gasteiger charge is 2.38. The van der Waals surface area contributed by atoms with Crippen LogP contribution in [0.1, 0.15) is 34.4 Å². The number of fused-ring (bicyclic) bond motifs is 3. The molecule has 0 saturated carbocycles. The van der Waals surface area contributed by atoms with Crippen molar-refractivity contribution >= 4 is 61.2 Å². The molecule has 1 N–H and O–H groups in total. The molecule has 1 aliphatic rings.